The lowest BCUT2D eigenvalue weighted by molar-refractivity contribution is 0.289. The monoisotopic (exact) mass is 416 g/mol. The Labute approximate surface area is 172 Å². The first-order valence-electron chi connectivity index (χ1n) is 10.9. The normalized spacial score (nSPS) is 21.3. The summed E-state index contributed by atoms with van der Waals surface area (Å²) in [6.45, 7) is 12.6. The lowest BCUT2D eigenvalue weighted by atomic mass is 10.2. The highest BCUT2D eigenvalue weighted by Crippen LogP contribution is 2.66. The topological polar surface area (TPSA) is 51.1 Å². The van der Waals surface area contributed by atoms with Crippen LogP contribution in [-0.2, 0) is 0 Å². The van der Waals surface area contributed by atoms with Crippen molar-refractivity contribution in [1.82, 2.24) is 14.7 Å². The van der Waals surface area contributed by atoms with Gasteiger partial charge in [-0.3, -0.25) is 9.34 Å². The third-order valence-electron chi connectivity index (χ3n) is 5.70. The Morgan fingerprint density at radius 3 is 1.74 bits per heavy atom. The second kappa shape index (κ2) is 11.3. The molecule has 2 saturated heterocycles. The van der Waals surface area contributed by atoms with Crippen molar-refractivity contribution in [2.75, 3.05) is 39.3 Å². The lowest BCUT2D eigenvalue weighted by Crippen LogP contribution is -2.42. The summed E-state index contributed by atoms with van der Waals surface area (Å²) in [5, 5.41) is 13.1. The highest BCUT2D eigenvalue weighted by molar-refractivity contribution is 7.81. The molecule has 2 N–H and O–H groups in total. The van der Waals surface area contributed by atoms with Gasteiger partial charge in [0.1, 0.15) is 7.36 Å². The van der Waals surface area contributed by atoms with E-state index in [2.05, 4.69) is 35.4 Å². The van der Waals surface area contributed by atoms with Crippen LogP contribution in [-0.4, -0.2) is 64.0 Å². The Hall–Kier alpha value is -0.0000000000000000694. The predicted molar refractivity (Wildman–Crippen MR) is 121 cm³/mol. The Morgan fingerprint density at radius 1 is 0.926 bits per heavy atom. The number of thiocarbonyl (C=S) groups is 1. The molecule has 2 aliphatic rings. The molecule has 0 aliphatic carbocycles. The number of nitrogens with one attached hydrogen (secondary N) is 1. The van der Waals surface area contributed by atoms with Gasteiger partial charge in [-0.15, -0.1) is 0 Å². The van der Waals surface area contributed by atoms with Gasteiger partial charge in [-0.1, -0.05) is 46.5 Å². The molecule has 0 aromatic rings. The second-order valence-corrected chi connectivity index (χ2v) is 13.1. The molecule has 5 nitrogen and oxygen atoms in total. The van der Waals surface area contributed by atoms with Gasteiger partial charge in [0.15, 0.2) is 5.11 Å². The van der Waals surface area contributed by atoms with Gasteiger partial charge in [-0.25, -0.2) is 4.74 Å². The van der Waals surface area contributed by atoms with Crippen molar-refractivity contribution in [3.63, 3.8) is 0 Å². The summed E-state index contributed by atoms with van der Waals surface area (Å²) in [5.41, 5.74) is 0. The van der Waals surface area contributed by atoms with E-state index in [4.69, 9.17) is 22.1 Å². The summed E-state index contributed by atoms with van der Waals surface area (Å²) in [5.74, 6) is 0. The molecule has 2 heterocycles. The Bertz CT molecular complexity index is 481. The molecule has 0 atom stereocenters. The number of aliphatic hydroxyl groups excluding tert-OH is 1. The van der Waals surface area contributed by atoms with Gasteiger partial charge in [0.2, 0.25) is 0 Å². The van der Waals surface area contributed by atoms with E-state index in [1.54, 1.807) is 0 Å². The van der Waals surface area contributed by atoms with Gasteiger partial charge in [0, 0.05) is 44.5 Å². The van der Waals surface area contributed by atoms with Crippen molar-refractivity contribution in [3.05, 3.63) is 0 Å². The smallest absolute Gasteiger partial charge is 0.193 e. The summed E-state index contributed by atoms with van der Waals surface area (Å²) in [6, 6.07) is 0. The summed E-state index contributed by atoms with van der Waals surface area (Å²) >= 11 is 5.71. The average Bonchev–Trinajstić information content (AvgIpc) is 3.04. The summed E-state index contributed by atoms with van der Waals surface area (Å²) in [6.07, 6.45) is 11.1. The van der Waals surface area contributed by atoms with Crippen molar-refractivity contribution >= 4 is 24.7 Å². The van der Waals surface area contributed by atoms with E-state index in [1.165, 1.54) is 51.4 Å². The van der Waals surface area contributed by atoms with E-state index in [0.717, 1.165) is 26.2 Å². The molecule has 0 spiro atoms. The van der Waals surface area contributed by atoms with Crippen LogP contribution in [0.1, 0.15) is 78.6 Å². The van der Waals surface area contributed by atoms with Crippen LogP contribution in [0.15, 0.2) is 4.74 Å². The molecule has 0 bridgehead atoms. The minimum atomic E-state index is -1.97. The second-order valence-electron chi connectivity index (χ2n) is 8.88. The van der Waals surface area contributed by atoms with Crippen molar-refractivity contribution < 1.29 is 5.11 Å². The van der Waals surface area contributed by atoms with Crippen LogP contribution < -0.4 is 5.32 Å². The summed E-state index contributed by atoms with van der Waals surface area (Å²) < 4.78 is 10.9. The first kappa shape index (κ1) is 23.3. The van der Waals surface area contributed by atoms with Crippen LogP contribution >= 0.6 is 19.6 Å². The molecular formula is C20H41N4OPS. The van der Waals surface area contributed by atoms with Gasteiger partial charge in [0.05, 0.1) is 0 Å². The molecule has 2 aliphatic heterocycles. The zero-order valence-electron chi connectivity index (χ0n) is 17.8. The fourth-order valence-electron chi connectivity index (χ4n) is 4.41. The fraction of sp³-hybridized carbons (Fsp3) is 0.950. The molecule has 0 aromatic heterocycles. The van der Waals surface area contributed by atoms with Crippen LogP contribution in [0.3, 0.4) is 0 Å². The SMILES string of the molecule is CC(C)(C)P(=NC(=S)NCCCO)(N1CCCCCC1)N1CCCCCC1. The summed E-state index contributed by atoms with van der Waals surface area (Å²) in [4.78, 5) is 0. The minimum absolute atomic E-state index is 0.0599. The predicted octanol–water partition coefficient (Wildman–Crippen LogP) is 4.83. The van der Waals surface area contributed by atoms with Crippen LogP contribution in [0.2, 0.25) is 0 Å². The molecule has 0 saturated carbocycles. The molecule has 2 rings (SSSR count). The highest BCUT2D eigenvalue weighted by Gasteiger charge is 2.44. The van der Waals surface area contributed by atoms with Gasteiger partial charge < -0.3 is 10.4 Å². The van der Waals surface area contributed by atoms with Gasteiger partial charge in [-0.05, 0) is 44.3 Å². The number of nitrogens with zero attached hydrogens (tertiary/aromatic N) is 3. The Morgan fingerprint density at radius 2 is 1.37 bits per heavy atom. The van der Waals surface area contributed by atoms with E-state index in [1.807, 2.05) is 0 Å². The Kier molecular flexibility index (Phi) is 9.70. The maximum Gasteiger partial charge on any atom is 0.193 e. The van der Waals surface area contributed by atoms with Crippen LogP contribution in [0.25, 0.3) is 0 Å². The fourth-order valence-corrected chi connectivity index (χ4v) is 9.46. The molecule has 27 heavy (non-hydrogen) atoms. The first-order chi connectivity index (χ1) is 12.9. The zero-order chi connectivity index (χ0) is 19.8. The van der Waals surface area contributed by atoms with Crippen LogP contribution in [0.4, 0.5) is 0 Å². The third kappa shape index (κ3) is 6.24. The van der Waals surface area contributed by atoms with Crippen LogP contribution in [0.5, 0.6) is 0 Å². The molecule has 0 radical (unpaired) electrons. The number of hydrogen-bond acceptors (Lipinski definition) is 2. The van der Waals surface area contributed by atoms with Gasteiger partial charge >= 0.3 is 0 Å². The van der Waals surface area contributed by atoms with E-state index >= 15 is 0 Å². The van der Waals surface area contributed by atoms with E-state index in [0.29, 0.717) is 18.1 Å². The quantitative estimate of drug-likeness (QED) is 0.382. The molecule has 7 heteroatoms. The lowest BCUT2D eigenvalue weighted by Gasteiger charge is -2.50. The maximum atomic E-state index is 9.09. The minimum Gasteiger partial charge on any atom is -0.396 e. The Balaban J connectivity index is 2.45. The average molecular weight is 417 g/mol. The van der Waals surface area contributed by atoms with E-state index in [-0.39, 0.29) is 11.8 Å². The number of hydrogen-bond donors (Lipinski definition) is 2. The molecule has 0 aromatic carbocycles. The molecule has 0 amide bonds. The zero-order valence-corrected chi connectivity index (χ0v) is 19.5. The molecule has 158 valence electrons. The highest BCUT2D eigenvalue weighted by atomic mass is 32.1. The molecule has 0 unspecified atom stereocenters. The van der Waals surface area contributed by atoms with Crippen molar-refractivity contribution in [1.29, 1.82) is 0 Å². The number of aliphatic hydroxyl groups is 1. The third-order valence-corrected chi connectivity index (χ3v) is 10.7. The van der Waals surface area contributed by atoms with Crippen LogP contribution in [0, 0.1) is 0 Å². The van der Waals surface area contributed by atoms with Gasteiger partial charge in [-0.2, -0.15) is 0 Å². The van der Waals surface area contributed by atoms with Gasteiger partial charge in [0.25, 0.3) is 0 Å². The van der Waals surface area contributed by atoms with Crippen molar-refractivity contribution in [3.8, 4) is 0 Å². The van der Waals surface area contributed by atoms with Crippen molar-refractivity contribution in [2.24, 2.45) is 4.74 Å². The molecule has 2 fully saturated rings. The number of rotatable bonds is 5. The van der Waals surface area contributed by atoms with E-state index in [9.17, 15) is 0 Å². The van der Waals surface area contributed by atoms with Crippen molar-refractivity contribution in [2.45, 2.75) is 83.7 Å². The maximum absolute atomic E-state index is 9.09. The standard InChI is InChI=1S/C20H41N4OPS/c1-20(2,3)26(22-19(27)21-13-12-18-25,23-14-8-4-5-9-15-23)24-16-10-6-7-11-17-24/h25H,4-18H2,1-3H3,(H,21,27). The first-order valence-corrected chi connectivity index (χ1v) is 13.0. The largest absolute Gasteiger partial charge is 0.396 e. The van der Waals surface area contributed by atoms with E-state index < -0.39 is 7.36 Å². The molecular weight excluding hydrogens is 375 g/mol. The summed E-state index contributed by atoms with van der Waals surface area (Å²) in [7, 11) is -1.97.